The minimum atomic E-state index is -1.28. The topological polar surface area (TPSA) is 114 Å². The first-order valence-electron chi connectivity index (χ1n) is 16.3. The van der Waals surface area contributed by atoms with Gasteiger partial charge in [0.2, 0.25) is 12.3 Å². The second-order valence-electron chi connectivity index (χ2n) is 13.4. The summed E-state index contributed by atoms with van der Waals surface area (Å²) in [5.74, 6) is -0.198. The van der Waals surface area contributed by atoms with Crippen LogP contribution in [0.1, 0.15) is 78.4 Å². The molecule has 1 unspecified atom stereocenters. The van der Waals surface area contributed by atoms with Crippen LogP contribution in [0.5, 0.6) is 11.5 Å². The maximum atomic E-state index is 13.0. The zero-order valence-corrected chi connectivity index (χ0v) is 28.6. The molecular formula is C38H50N2O7. The smallest absolute Gasteiger partial charge is 0.306 e. The summed E-state index contributed by atoms with van der Waals surface area (Å²) < 4.78 is 12.7. The second-order valence-corrected chi connectivity index (χ2v) is 13.4. The number of unbranched alkanes of at least 4 members (excludes halogenated alkanes) is 1. The molecule has 0 aromatic heterocycles. The lowest BCUT2D eigenvalue weighted by atomic mass is 9.87. The van der Waals surface area contributed by atoms with E-state index in [9.17, 15) is 19.5 Å². The number of nitrogens with one attached hydrogen (secondary N) is 1. The third-order valence-corrected chi connectivity index (χ3v) is 7.57. The number of aryl methyl sites for hydroxylation is 1. The number of aliphatic carboxylic acids is 1. The van der Waals surface area contributed by atoms with Gasteiger partial charge in [-0.1, -0.05) is 81.4 Å². The van der Waals surface area contributed by atoms with Crippen LogP contribution in [-0.4, -0.2) is 53.3 Å². The molecule has 47 heavy (non-hydrogen) atoms. The zero-order valence-electron chi connectivity index (χ0n) is 28.6. The molecule has 0 saturated heterocycles. The summed E-state index contributed by atoms with van der Waals surface area (Å²) in [6, 6.07) is 23.2. The quantitative estimate of drug-likeness (QED) is 0.0803. The minimum Gasteiger partial charge on any atom is -0.493 e. The molecule has 3 aromatic rings. The Hall–Kier alpha value is -4.37. The summed E-state index contributed by atoms with van der Waals surface area (Å²) in [5, 5.41) is 13.0. The third-order valence-electron chi connectivity index (χ3n) is 7.57. The maximum Gasteiger partial charge on any atom is 0.306 e. The van der Waals surface area contributed by atoms with E-state index in [0.717, 1.165) is 64.5 Å². The van der Waals surface area contributed by atoms with E-state index < -0.39 is 29.9 Å². The van der Waals surface area contributed by atoms with Crippen molar-refractivity contribution < 1.29 is 33.8 Å². The van der Waals surface area contributed by atoms with Gasteiger partial charge in [-0.25, -0.2) is 5.06 Å². The van der Waals surface area contributed by atoms with Crippen molar-refractivity contribution in [1.82, 2.24) is 10.4 Å². The number of ether oxygens (including phenoxy) is 2. The highest BCUT2D eigenvalue weighted by atomic mass is 16.7. The van der Waals surface area contributed by atoms with Crippen molar-refractivity contribution in [3.05, 3.63) is 83.9 Å². The van der Waals surface area contributed by atoms with Crippen molar-refractivity contribution in [3.8, 4) is 22.6 Å². The molecule has 0 radical (unpaired) electrons. The Labute approximate surface area is 279 Å². The average molecular weight is 647 g/mol. The number of rotatable bonds is 19. The lowest BCUT2D eigenvalue weighted by Gasteiger charge is -2.32. The van der Waals surface area contributed by atoms with Gasteiger partial charge in [0.25, 0.3) is 0 Å². The van der Waals surface area contributed by atoms with E-state index in [1.54, 1.807) is 20.8 Å². The molecule has 0 aliphatic carbocycles. The van der Waals surface area contributed by atoms with Crippen molar-refractivity contribution in [2.75, 3.05) is 13.2 Å². The summed E-state index contributed by atoms with van der Waals surface area (Å²) in [4.78, 5) is 41.6. The largest absolute Gasteiger partial charge is 0.493 e. The predicted molar refractivity (Wildman–Crippen MR) is 183 cm³/mol. The van der Waals surface area contributed by atoms with Crippen LogP contribution in [-0.2, 0) is 32.2 Å². The Balaban J connectivity index is 1.59. The van der Waals surface area contributed by atoms with Gasteiger partial charge < -0.3 is 19.9 Å². The van der Waals surface area contributed by atoms with Crippen LogP contribution in [0.3, 0.4) is 0 Å². The monoisotopic (exact) mass is 646 g/mol. The Morgan fingerprint density at radius 3 is 2.17 bits per heavy atom. The number of carbonyl (C=O) groups is 3. The third kappa shape index (κ3) is 12.4. The fourth-order valence-corrected chi connectivity index (χ4v) is 5.07. The standard InChI is InChI=1S/C38H50N2O7/c1-7-29-22-31(30-18-12-9-13-19-30)34(46-25-28-16-10-8-11-17-28)24-33(29)45-21-15-14-20-38(5,6)26-39-36(44)32(23-35(42)43)40(27-41)47-37(2,3)4/h8-13,16-19,22,24,27,32H,7,14-15,20-21,23,25-26H2,1-6H3,(H,39,44)(H,42,43). The fourth-order valence-electron chi connectivity index (χ4n) is 5.07. The summed E-state index contributed by atoms with van der Waals surface area (Å²) in [7, 11) is 0. The average Bonchev–Trinajstić information content (AvgIpc) is 3.04. The summed E-state index contributed by atoms with van der Waals surface area (Å²) in [6.45, 7) is 12.6. The first kappa shape index (κ1) is 37.1. The first-order valence-corrected chi connectivity index (χ1v) is 16.3. The van der Waals surface area contributed by atoms with Crippen LogP contribution in [0.2, 0.25) is 0 Å². The van der Waals surface area contributed by atoms with Gasteiger partial charge in [0.15, 0.2) is 0 Å². The molecular weight excluding hydrogens is 596 g/mol. The van der Waals surface area contributed by atoms with E-state index >= 15 is 0 Å². The van der Waals surface area contributed by atoms with Crippen LogP contribution in [0.15, 0.2) is 72.8 Å². The molecule has 0 spiro atoms. The Morgan fingerprint density at radius 1 is 0.915 bits per heavy atom. The highest BCUT2D eigenvalue weighted by Crippen LogP contribution is 2.37. The number of carboxylic acids is 1. The number of hydrogen-bond donors (Lipinski definition) is 2. The number of hydroxylamine groups is 2. The van der Waals surface area contributed by atoms with Crippen molar-refractivity contribution >= 4 is 18.3 Å². The van der Waals surface area contributed by atoms with E-state index in [-0.39, 0.29) is 5.41 Å². The second kappa shape index (κ2) is 17.5. The predicted octanol–water partition coefficient (Wildman–Crippen LogP) is 7.22. The van der Waals surface area contributed by atoms with Gasteiger partial charge in [-0.05, 0) is 74.6 Å². The van der Waals surface area contributed by atoms with E-state index in [1.165, 1.54) is 0 Å². The molecule has 0 aliphatic rings. The molecule has 0 fully saturated rings. The molecule has 9 heteroatoms. The number of carboxylic acid groups (broad SMARTS) is 1. The molecule has 0 heterocycles. The molecule has 3 aromatic carbocycles. The van der Waals surface area contributed by atoms with Crippen LogP contribution in [0.25, 0.3) is 11.1 Å². The SMILES string of the molecule is CCc1cc(-c2ccccc2)c(OCc2ccccc2)cc1OCCCCC(C)(C)CNC(=O)C(CC(=O)O)N(C=O)OC(C)(C)C. The van der Waals surface area contributed by atoms with E-state index in [0.29, 0.717) is 26.2 Å². The van der Waals surface area contributed by atoms with Gasteiger partial charge in [-0.2, -0.15) is 0 Å². The Kier molecular flexibility index (Phi) is 13.8. The van der Waals surface area contributed by atoms with E-state index in [4.69, 9.17) is 14.3 Å². The molecule has 0 saturated carbocycles. The molecule has 2 N–H and O–H groups in total. The summed E-state index contributed by atoms with van der Waals surface area (Å²) in [5.41, 5.74) is 3.25. The van der Waals surface area contributed by atoms with Crippen LogP contribution < -0.4 is 14.8 Å². The van der Waals surface area contributed by atoms with E-state index in [2.05, 4.69) is 30.4 Å². The number of benzene rings is 3. The maximum absolute atomic E-state index is 13.0. The highest BCUT2D eigenvalue weighted by molar-refractivity contribution is 5.87. The lowest BCUT2D eigenvalue weighted by molar-refractivity contribution is -0.232. The van der Waals surface area contributed by atoms with Crippen molar-refractivity contribution in [3.63, 3.8) is 0 Å². The Morgan fingerprint density at radius 2 is 1.57 bits per heavy atom. The van der Waals surface area contributed by atoms with Crippen molar-refractivity contribution in [2.45, 2.75) is 91.9 Å². The first-order chi connectivity index (χ1) is 22.3. The van der Waals surface area contributed by atoms with Gasteiger partial charge in [-0.3, -0.25) is 19.2 Å². The fraction of sp³-hybridized carbons (Fsp3) is 0.447. The van der Waals surface area contributed by atoms with Gasteiger partial charge in [0.1, 0.15) is 24.1 Å². The highest BCUT2D eigenvalue weighted by Gasteiger charge is 2.32. The van der Waals surface area contributed by atoms with Crippen LogP contribution in [0, 0.1) is 5.41 Å². The summed E-state index contributed by atoms with van der Waals surface area (Å²) >= 11 is 0. The van der Waals surface area contributed by atoms with Crippen LogP contribution >= 0.6 is 0 Å². The van der Waals surface area contributed by atoms with Gasteiger partial charge in [0, 0.05) is 18.2 Å². The number of hydrogen-bond acceptors (Lipinski definition) is 6. The molecule has 3 rings (SSSR count). The molecule has 9 nitrogen and oxygen atoms in total. The Bertz CT molecular complexity index is 1440. The van der Waals surface area contributed by atoms with Crippen molar-refractivity contribution in [1.29, 1.82) is 0 Å². The lowest BCUT2D eigenvalue weighted by Crippen LogP contribution is -2.51. The number of amides is 2. The molecule has 0 aliphatic heterocycles. The molecule has 1 atom stereocenters. The number of carbonyl (C=O) groups excluding carboxylic acids is 2. The van der Waals surface area contributed by atoms with E-state index in [1.807, 2.05) is 68.4 Å². The van der Waals surface area contributed by atoms with Crippen LogP contribution in [0.4, 0.5) is 0 Å². The van der Waals surface area contributed by atoms with Gasteiger partial charge in [-0.15, -0.1) is 0 Å². The normalized spacial score (nSPS) is 12.2. The molecule has 254 valence electrons. The summed E-state index contributed by atoms with van der Waals surface area (Å²) in [6.07, 6.45) is 3.06. The minimum absolute atomic E-state index is 0.273. The molecule has 2 amide bonds. The van der Waals surface area contributed by atoms with Gasteiger partial charge in [0.05, 0.1) is 18.6 Å². The molecule has 0 bridgehead atoms. The van der Waals surface area contributed by atoms with Crippen molar-refractivity contribution in [2.24, 2.45) is 5.41 Å². The zero-order chi connectivity index (χ0) is 34.5. The van der Waals surface area contributed by atoms with Gasteiger partial charge >= 0.3 is 5.97 Å². The number of nitrogens with zero attached hydrogens (tertiary/aromatic N) is 1.